The summed E-state index contributed by atoms with van der Waals surface area (Å²) < 4.78 is 19.6. The van der Waals surface area contributed by atoms with Gasteiger partial charge in [0.05, 0.1) is 30.4 Å². The van der Waals surface area contributed by atoms with Crippen molar-refractivity contribution in [3.63, 3.8) is 0 Å². The Morgan fingerprint density at radius 1 is 1.36 bits per heavy atom. The molecule has 5 heteroatoms. The van der Waals surface area contributed by atoms with E-state index in [0.29, 0.717) is 17.9 Å². The molecule has 116 valence electrons. The van der Waals surface area contributed by atoms with Gasteiger partial charge in [-0.05, 0) is 18.3 Å². The van der Waals surface area contributed by atoms with E-state index in [1.54, 1.807) is 42.8 Å². The summed E-state index contributed by atoms with van der Waals surface area (Å²) >= 11 is 0. The summed E-state index contributed by atoms with van der Waals surface area (Å²) in [6.45, 7) is 3.76. The van der Waals surface area contributed by atoms with Crippen molar-refractivity contribution in [3.05, 3.63) is 66.8 Å². The highest BCUT2D eigenvalue weighted by Gasteiger charge is 2.17. The van der Waals surface area contributed by atoms with E-state index in [4.69, 9.17) is 4.74 Å². The number of anilines is 2. The highest BCUT2D eigenvalue weighted by molar-refractivity contribution is 5.73. The lowest BCUT2D eigenvalue weighted by Gasteiger charge is -2.26. The van der Waals surface area contributed by atoms with Gasteiger partial charge in [0.15, 0.2) is 0 Å². The number of likely N-dealkylation sites (N-methyl/N-ethyl adjacent to an activating group) is 1. The van der Waals surface area contributed by atoms with Crippen LogP contribution in [0, 0.1) is 0 Å². The van der Waals surface area contributed by atoms with Gasteiger partial charge in [-0.25, -0.2) is 4.39 Å². The standard InChI is InChI=1S/C17H20FN3O/c1-5-20(2)17-12-19-10-9-15(17)21(3)16-11-13(22-4)7-6-8-14(16)18/h5-6,8-12H,1,7H2,2-4H3. The maximum Gasteiger partial charge on any atom is 0.146 e. The van der Waals surface area contributed by atoms with Gasteiger partial charge in [0, 0.05) is 32.8 Å². The summed E-state index contributed by atoms with van der Waals surface area (Å²) in [5.41, 5.74) is 2.10. The summed E-state index contributed by atoms with van der Waals surface area (Å²) in [5.74, 6) is 0.400. The second kappa shape index (κ2) is 6.93. The quantitative estimate of drug-likeness (QED) is 0.828. The van der Waals surface area contributed by atoms with E-state index in [2.05, 4.69) is 11.6 Å². The molecule has 0 bridgehead atoms. The van der Waals surface area contributed by atoms with Gasteiger partial charge in [-0.2, -0.15) is 0 Å². The third kappa shape index (κ3) is 3.19. The minimum Gasteiger partial charge on any atom is -0.501 e. The molecule has 22 heavy (non-hydrogen) atoms. The second-order valence-electron chi connectivity index (χ2n) is 4.87. The molecule has 4 nitrogen and oxygen atoms in total. The fraction of sp³-hybridized carbons (Fsp3) is 0.235. The van der Waals surface area contributed by atoms with Crippen molar-refractivity contribution in [3.8, 4) is 0 Å². The fourth-order valence-corrected chi connectivity index (χ4v) is 2.21. The molecule has 1 aromatic heterocycles. The van der Waals surface area contributed by atoms with Gasteiger partial charge in [-0.3, -0.25) is 4.98 Å². The first-order valence-electron chi connectivity index (χ1n) is 6.92. The van der Waals surface area contributed by atoms with Crippen molar-refractivity contribution in [1.82, 2.24) is 4.98 Å². The van der Waals surface area contributed by atoms with Crippen LogP contribution in [0.4, 0.5) is 15.8 Å². The lowest BCUT2D eigenvalue weighted by atomic mass is 10.2. The van der Waals surface area contributed by atoms with E-state index in [0.717, 1.165) is 11.4 Å². The van der Waals surface area contributed by atoms with E-state index in [-0.39, 0.29) is 5.83 Å². The largest absolute Gasteiger partial charge is 0.501 e. The van der Waals surface area contributed by atoms with Crippen molar-refractivity contribution < 1.29 is 9.13 Å². The van der Waals surface area contributed by atoms with Crippen molar-refractivity contribution in [2.45, 2.75) is 6.42 Å². The van der Waals surface area contributed by atoms with E-state index in [1.165, 1.54) is 6.08 Å². The van der Waals surface area contributed by atoms with Crippen LogP contribution in [0.2, 0.25) is 0 Å². The minimum absolute atomic E-state index is 0.307. The van der Waals surface area contributed by atoms with Crippen LogP contribution < -0.4 is 9.80 Å². The number of ether oxygens (including phenoxy) is 1. The van der Waals surface area contributed by atoms with Crippen LogP contribution in [-0.4, -0.2) is 26.2 Å². The number of halogens is 1. The summed E-state index contributed by atoms with van der Waals surface area (Å²) in [7, 11) is 5.27. The van der Waals surface area contributed by atoms with Crippen LogP contribution in [0.1, 0.15) is 6.42 Å². The van der Waals surface area contributed by atoms with Gasteiger partial charge in [-0.1, -0.05) is 12.7 Å². The van der Waals surface area contributed by atoms with Crippen molar-refractivity contribution >= 4 is 11.4 Å². The minimum atomic E-state index is -0.307. The molecule has 1 aliphatic carbocycles. The number of nitrogens with zero attached hydrogens (tertiary/aromatic N) is 3. The molecule has 1 aliphatic rings. The number of hydrogen-bond donors (Lipinski definition) is 0. The molecule has 1 aromatic rings. The Morgan fingerprint density at radius 3 is 2.82 bits per heavy atom. The number of hydrogen-bond acceptors (Lipinski definition) is 4. The van der Waals surface area contributed by atoms with Crippen molar-refractivity contribution in [1.29, 1.82) is 0 Å². The number of allylic oxidation sites excluding steroid dienone is 4. The molecule has 0 spiro atoms. The Labute approximate surface area is 130 Å². The van der Waals surface area contributed by atoms with Gasteiger partial charge in [0.25, 0.3) is 0 Å². The average molecular weight is 301 g/mol. The first kappa shape index (κ1) is 15.8. The number of pyridine rings is 1. The molecular weight excluding hydrogens is 281 g/mol. The molecule has 1 heterocycles. The zero-order chi connectivity index (χ0) is 16.1. The molecule has 0 fully saturated rings. The lowest BCUT2D eigenvalue weighted by molar-refractivity contribution is 0.284. The highest BCUT2D eigenvalue weighted by atomic mass is 19.1. The van der Waals surface area contributed by atoms with E-state index in [9.17, 15) is 4.39 Å². The normalized spacial score (nSPS) is 14.3. The van der Waals surface area contributed by atoms with Crippen LogP contribution >= 0.6 is 0 Å². The van der Waals surface area contributed by atoms with E-state index >= 15 is 0 Å². The molecular formula is C17H20FN3O. The lowest BCUT2D eigenvalue weighted by Crippen LogP contribution is -2.20. The Hall–Kier alpha value is -2.56. The average Bonchev–Trinajstić information content (AvgIpc) is 2.74. The van der Waals surface area contributed by atoms with Gasteiger partial charge in [-0.15, -0.1) is 0 Å². The summed E-state index contributed by atoms with van der Waals surface area (Å²) in [5, 5.41) is 0. The monoisotopic (exact) mass is 301 g/mol. The van der Waals surface area contributed by atoms with Crippen molar-refractivity contribution in [2.75, 3.05) is 31.0 Å². The molecule has 2 rings (SSSR count). The number of aromatic nitrogens is 1. The zero-order valence-corrected chi connectivity index (χ0v) is 13.1. The van der Waals surface area contributed by atoms with Gasteiger partial charge in [0.1, 0.15) is 11.6 Å². The Balaban J connectivity index is 2.49. The highest BCUT2D eigenvalue weighted by Crippen LogP contribution is 2.32. The van der Waals surface area contributed by atoms with Gasteiger partial charge < -0.3 is 14.5 Å². The predicted molar refractivity (Wildman–Crippen MR) is 88.2 cm³/mol. The molecule has 0 saturated heterocycles. The SMILES string of the molecule is C=CN(C)c1cnccc1N(C)C1=C(F)C=CCC(OC)=C1. The van der Waals surface area contributed by atoms with Gasteiger partial charge in [0.2, 0.25) is 0 Å². The first-order chi connectivity index (χ1) is 10.6. The summed E-state index contributed by atoms with van der Waals surface area (Å²) in [4.78, 5) is 7.75. The van der Waals surface area contributed by atoms with E-state index in [1.807, 2.05) is 25.1 Å². The molecule has 0 radical (unpaired) electrons. The Bertz CT molecular complexity index is 649. The fourth-order valence-electron chi connectivity index (χ4n) is 2.21. The third-order valence-electron chi connectivity index (χ3n) is 3.54. The van der Waals surface area contributed by atoms with Crippen molar-refractivity contribution in [2.24, 2.45) is 0 Å². The second-order valence-corrected chi connectivity index (χ2v) is 4.87. The number of methoxy groups -OCH3 is 1. The topological polar surface area (TPSA) is 28.6 Å². The van der Waals surface area contributed by atoms with Crippen LogP contribution in [0.15, 0.2) is 66.8 Å². The predicted octanol–water partition coefficient (Wildman–Crippen LogP) is 3.77. The maximum atomic E-state index is 14.4. The Morgan fingerprint density at radius 2 is 2.14 bits per heavy atom. The molecule has 0 aromatic carbocycles. The molecule has 0 atom stereocenters. The van der Waals surface area contributed by atoms with E-state index < -0.39 is 0 Å². The molecule has 0 saturated carbocycles. The van der Waals surface area contributed by atoms with Gasteiger partial charge >= 0.3 is 0 Å². The van der Waals surface area contributed by atoms with Crippen LogP contribution in [0.25, 0.3) is 0 Å². The van der Waals surface area contributed by atoms with Crippen LogP contribution in [0.3, 0.4) is 0 Å². The molecule has 0 aliphatic heterocycles. The molecule has 0 amide bonds. The molecule has 0 N–H and O–H groups in total. The van der Waals surface area contributed by atoms with Crippen LogP contribution in [-0.2, 0) is 4.74 Å². The molecule has 0 unspecified atom stereocenters. The smallest absolute Gasteiger partial charge is 0.146 e. The summed E-state index contributed by atoms with van der Waals surface area (Å²) in [6.07, 6.45) is 10.6. The maximum absolute atomic E-state index is 14.4. The summed E-state index contributed by atoms with van der Waals surface area (Å²) in [6, 6.07) is 1.84. The zero-order valence-electron chi connectivity index (χ0n) is 13.1. The van der Waals surface area contributed by atoms with Crippen LogP contribution in [0.5, 0.6) is 0 Å². The Kier molecular flexibility index (Phi) is 4.99. The number of rotatable bonds is 5. The first-order valence-corrected chi connectivity index (χ1v) is 6.92. The third-order valence-corrected chi connectivity index (χ3v) is 3.54.